The van der Waals surface area contributed by atoms with E-state index in [2.05, 4.69) is 34.5 Å². The van der Waals surface area contributed by atoms with Gasteiger partial charge in [0, 0.05) is 6.04 Å². The molecule has 1 aromatic heterocycles. The lowest BCUT2D eigenvalue weighted by molar-refractivity contribution is 0.422. The van der Waals surface area contributed by atoms with E-state index >= 15 is 0 Å². The summed E-state index contributed by atoms with van der Waals surface area (Å²) in [7, 11) is 0. The van der Waals surface area contributed by atoms with Crippen LogP contribution in [0, 0.1) is 6.92 Å². The Kier molecular flexibility index (Phi) is 3.19. The van der Waals surface area contributed by atoms with Gasteiger partial charge < -0.3 is 9.84 Å². The van der Waals surface area contributed by atoms with Crippen LogP contribution in [0.4, 0.5) is 6.01 Å². The van der Waals surface area contributed by atoms with E-state index < -0.39 is 0 Å². The zero-order chi connectivity index (χ0) is 11.4. The van der Waals surface area contributed by atoms with Crippen molar-refractivity contribution in [2.45, 2.75) is 26.3 Å². The Labute approximate surface area is 94.7 Å². The quantitative estimate of drug-likeness (QED) is 0.854. The second kappa shape index (κ2) is 4.79. The summed E-state index contributed by atoms with van der Waals surface area (Å²) < 4.78 is 5.00. The van der Waals surface area contributed by atoms with Gasteiger partial charge in [-0.2, -0.15) is 4.98 Å². The number of aryl methyl sites for hydroxylation is 1. The fourth-order valence-electron chi connectivity index (χ4n) is 1.59. The summed E-state index contributed by atoms with van der Waals surface area (Å²) in [6.07, 6.45) is 0.933. The van der Waals surface area contributed by atoms with Crippen molar-refractivity contribution >= 4 is 6.01 Å². The third-order valence-electron chi connectivity index (χ3n) is 2.28. The highest BCUT2D eigenvalue weighted by Gasteiger charge is 2.07. The van der Waals surface area contributed by atoms with Crippen molar-refractivity contribution in [3.8, 4) is 0 Å². The third kappa shape index (κ3) is 2.82. The van der Waals surface area contributed by atoms with E-state index in [1.807, 2.05) is 18.2 Å². The average molecular weight is 217 g/mol. The van der Waals surface area contributed by atoms with E-state index in [4.69, 9.17) is 4.52 Å². The maximum atomic E-state index is 5.00. The first-order chi connectivity index (χ1) is 7.74. The summed E-state index contributed by atoms with van der Waals surface area (Å²) in [6.45, 7) is 3.89. The van der Waals surface area contributed by atoms with Crippen LogP contribution < -0.4 is 5.32 Å². The maximum absolute atomic E-state index is 5.00. The van der Waals surface area contributed by atoms with Gasteiger partial charge in [0.1, 0.15) is 0 Å². The Morgan fingerprint density at radius 1 is 1.31 bits per heavy atom. The highest BCUT2D eigenvalue weighted by Crippen LogP contribution is 2.08. The minimum absolute atomic E-state index is 0.266. The molecule has 0 spiro atoms. The van der Waals surface area contributed by atoms with Crippen LogP contribution in [0.2, 0.25) is 0 Å². The lowest BCUT2D eigenvalue weighted by Crippen LogP contribution is -2.18. The van der Waals surface area contributed by atoms with E-state index in [0.717, 1.165) is 6.42 Å². The number of aromatic nitrogens is 2. The number of anilines is 1. The molecule has 4 heteroatoms. The van der Waals surface area contributed by atoms with Gasteiger partial charge in [-0.15, -0.1) is 0 Å². The van der Waals surface area contributed by atoms with Crippen LogP contribution in [0.3, 0.4) is 0 Å². The maximum Gasteiger partial charge on any atom is 0.321 e. The summed E-state index contributed by atoms with van der Waals surface area (Å²) in [5.41, 5.74) is 1.29. The van der Waals surface area contributed by atoms with Gasteiger partial charge in [0.2, 0.25) is 0 Å². The van der Waals surface area contributed by atoms with Gasteiger partial charge in [-0.1, -0.05) is 35.5 Å². The molecule has 0 saturated carbocycles. The van der Waals surface area contributed by atoms with Crippen molar-refractivity contribution in [2.24, 2.45) is 0 Å². The second-order valence-electron chi connectivity index (χ2n) is 3.88. The van der Waals surface area contributed by atoms with Gasteiger partial charge >= 0.3 is 6.01 Å². The number of benzene rings is 1. The minimum Gasteiger partial charge on any atom is -0.335 e. The van der Waals surface area contributed by atoms with Crippen LogP contribution in [-0.4, -0.2) is 16.2 Å². The van der Waals surface area contributed by atoms with Crippen LogP contribution in [-0.2, 0) is 6.42 Å². The summed E-state index contributed by atoms with van der Waals surface area (Å²) in [4.78, 5) is 4.10. The molecule has 4 nitrogen and oxygen atoms in total. The summed E-state index contributed by atoms with van der Waals surface area (Å²) in [5.74, 6) is 0.648. The lowest BCUT2D eigenvalue weighted by atomic mass is 10.1. The normalized spacial score (nSPS) is 12.4. The zero-order valence-corrected chi connectivity index (χ0v) is 9.47. The predicted octanol–water partition coefficient (Wildman–Crippen LogP) is 2.42. The van der Waals surface area contributed by atoms with Crippen molar-refractivity contribution in [3.05, 3.63) is 41.7 Å². The topological polar surface area (TPSA) is 51.0 Å². The van der Waals surface area contributed by atoms with E-state index in [1.165, 1.54) is 5.56 Å². The van der Waals surface area contributed by atoms with Gasteiger partial charge in [-0.25, -0.2) is 0 Å². The fraction of sp³-hybridized carbons (Fsp3) is 0.333. The first kappa shape index (κ1) is 10.7. The van der Waals surface area contributed by atoms with E-state index in [9.17, 15) is 0 Å². The number of nitrogens with zero attached hydrogens (tertiary/aromatic N) is 2. The summed E-state index contributed by atoms with van der Waals surface area (Å²) in [6, 6.07) is 11.1. The van der Waals surface area contributed by atoms with Crippen molar-refractivity contribution in [1.82, 2.24) is 10.1 Å². The van der Waals surface area contributed by atoms with Gasteiger partial charge in [0.05, 0.1) is 0 Å². The molecule has 0 aliphatic rings. The van der Waals surface area contributed by atoms with Crippen LogP contribution in [0.5, 0.6) is 0 Å². The molecule has 84 valence electrons. The van der Waals surface area contributed by atoms with Crippen molar-refractivity contribution in [2.75, 3.05) is 5.32 Å². The Balaban J connectivity index is 1.92. The molecule has 1 N–H and O–H groups in total. The van der Waals surface area contributed by atoms with E-state index in [1.54, 1.807) is 6.92 Å². The van der Waals surface area contributed by atoms with Crippen LogP contribution in [0.25, 0.3) is 0 Å². The molecule has 0 amide bonds. The van der Waals surface area contributed by atoms with Crippen LogP contribution in [0.15, 0.2) is 34.9 Å². The van der Waals surface area contributed by atoms with E-state index in [0.29, 0.717) is 11.8 Å². The van der Waals surface area contributed by atoms with Gasteiger partial charge in [-0.05, 0) is 25.8 Å². The monoisotopic (exact) mass is 217 g/mol. The Morgan fingerprint density at radius 3 is 2.69 bits per heavy atom. The van der Waals surface area contributed by atoms with Gasteiger partial charge in [-0.3, -0.25) is 0 Å². The highest BCUT2D eigenvalue weighted by molar-refractivity contribution is 5.23. The molecule has 1 atom stereocenters. The van der Waals surface area contributed by atoms with Crippen molar-refractivity contribution in [1.29, 1.82) is 0 Å². The van der Waals surface area contributed by atoms with E-state index in [-0.39, 0.29) is 6.04 Å². The minimum atomic E-state index is 0.266. The molecule has 0 aliphatic carbocycles. The standard InChI is InChI=1S/C12H15N3O/c1-9(8-11-6-4-3-5-7-11)13-12-14-10(2)15-16-12/h3-7,9H,8H2,1-2H3,(H,13,14,15). The second-order valence-corrected chi connectivity index (χ2v) is 3.88. The van der Waals surface area contributed by atoms with Gasteiger partial charge in [0.15, 0.2) is 5.82 Å². The Morgan fingerprint density at radius 2 is 2.06 bits per heavy atom. The van der Waals surface area contributed by atoms with Crippen molar-refractivity contribution in [3.63, 3.8) is 0 Å². The molecular formula is C12H15N3O. The summed E-state index contributed by atoms with van der Waals surface area (Å²) in [5, 5.41) is 6.90. The lowest BCUT2D eigenvalue weighted by Gasteiger charge is -2.11. The zero-order valence-electron chi connectivity index (χ0n) is 9.47. The predicted molar refractivity (Wildman–Crippen MR) is 62.3 cm³/mol. The molecule has 2 rings (SSSR count). The molecule has 16 heavy (non-hydrogen) atoms. The molecule has 1 aromatic carbocycles. The van der Waals surface area contributed by atoms with Crippen LogP contribution in [0.1, 0.15) is 18.3 Å². The Hall–Kier alpha value is -1.84. The first-order valence-corrected chi connectivity index (χ1v) is 5.35. The third-order valence-corrected chi connectivity index (χ3v) is 2.28. The number of nitrogens with one attached hydrogen (secondary N) is 1. The smallest absolute Gasteiger partial charge is 0.321 e. The molecule has 1 unspecified atom stereocenters. The number of rotatable bonds is 4. The number of hydrogen-bond acceptors (Lipinski definition) is 4. The molecule has 2 aromatic rings. The average Bonchev–Trinajstić information content (AvgIpc) is 2.65. The van der Waals surface area contributed by atoms with Gasteiger partial charge in [0.25, 0.3) is 0 Å². The number of hydrogen-bond donors (Lipinski definition) is 1. The van der Waals surface area contributed by atoms with Crippen LogP contribution >= 0.6 is 0 Å². The summed E-state index contributed by atoms with van der Waals surface area (Å²) >= 11 is 0. The molecule has 0 aliphatic heterocycles. The van der Waals surface area contributed by atoms with Crippen molar-refractivity contribution < 1.29 is 4.52 Å². The molecule has 1 heterocycles. The largest absolute Gasteiger partial charge is 0.335 e. The molecule has 0 fully saturated rings. The SMILES string of the molecule is Cc1noc(NC(C)Cc2ccccc2)n1. The fourth-order valence-corrected chi connectivity index (χ4v) is 1.59. The molecule has 0 saturated heterocycles. The Bertz CT molecular complexity index is 439. The molecule has 0 radical (unpaired) electrons. The first-order valence-electron chi connectivity index (χ1n) is 5.35. The molecule has 0 bridgehead atoms. The highest BCUT2D eigenvalue weighted by atomic mass is 16.5. The molecular weight excluding hydrogens is 202 g/mol.